The zero-order valence-corrected chi connectivity index (χ0v) is 11.4. The summed E-state index contributed by atoms with van der Waals surface area (Å²) < 4.78 is 2.88. The summed E-state index contributed by atoms with van der Waals surface area (Å²) in [6, 6.07) is 3.82. The number of hydrogen-bond donors (Lipinski definition) is 2. The molecule has 0 saturated carbocycles. The molecule has 3 rings (SSSR count). The highest BCUT2D eigenvalue weighted by molar-refractivity contribution is 9.10. The average molecular weight is 314 g/mol. The molecule has 6 heteroatoms. The molecule has 2 aromatic heterocycles. The van der Waals surface area contributed by atoms with E-state index in [2.05, 4.69) is 25.9 Å². The molecule has 0 saturated heterocycles. The molecule has 0 aliphatic carbocycles. The second kappa shape index (κ2) is 3.73. The van der Waals surface area contributed by atoms with Gasteiger partial charge in [-0.2, -0.15) is 0 Å². The number of nitrogens with two attached hydrogens (primary N) is 1. The molecule has 0 atom stereocenters. The van der Waals surface area contributed by atoms with Crippen molar-refractivity contribution in [2.24, 2.45) is 5.73 Å². The van der Waals surface area contributed by atoms with Crippen LogP contribution in [0.25, 0.3) is 16.8 Å². The summed E-state index contributed by atoms with van der Waals surface area (Å²) in [5.74, 6) is 0.776. The Bertz CT molecular complexity index is 728. The Kier molecular flexibility index (Phi) is 2.43. The zero-order chi connectivity index (χ0) is 12.2. The molecule has 0 amide bonds. The normalized spacial score (nSPS) is 11.8. The summed E-state index contributed by atoms with van der Waals surface area (Å²) in [6.45, 7) is 2.43. The number of aromatic nitrogens is 3. The van der Waals surface area contributed by atoms with Crippen LogP contribution in [0.2, 0.25) is 5.02 Å². The van der Waals surface area contributed by atoms with Crippen molar-refractivity contribution in [3.8, 4) is 0 Å². The van der Waals surface area contributed by atoms with Crippen LogP contribution in [0.15, 0.2) is 16.7 Å². The summed E-state index contributed by atoms with van der Waals surface area (Å²) in [7, 11) is 0. The van der Waals surface area contributed by atoms with Gasteiger partial charge in [-0.3, -0.25) is 4.40 Å². The highest BCUT2D eigenvalue weighted by Crippen LogP contribution is 2.28. The minimum Gasteiger partial charge on any atom is -0.325 e. The lowest BCUT2D eigenvalue weighted by Gasteiger charge is -1.98. The van der Waals surface area contributed by atoms with E-state index in [4.69, 9.17) is 17.3 Å². The maximum Gasteiger partial charge on any atom is 0.213 e. The SMILES string of the molecule is Cc1cc(Cl)cc2c1nc1[nH]c(CN)c(Br)n12. The minimum absolute atomic E-state index is 0.436. The topological polar surface area (TPSA) is 59.1 Å². The lowest BCUT2D eigenvalue weighted by Crippen LogP contribution is -1.97. The lowest BCUT2D eigenvalue weighted by atomic mass is 10.2. The second-order valence-electron chi connectivity index (χ2n) is 3.96. The summed E-state index contributed by atoms with van der Waals surface area (Å²) in [6.07, 6.45) is 0. The fourth-order valence-corrected chi connectivity index (χ4v) is 2.93. The molecule has 3 aromatic rings. The van der Waals surface area contributed by atoms with Gasteiger partial charge in [-0.1, -0.05) is 11.6 Å². The predicted octanol–water partition coefficient (Wildman–Crippen LogP) is 3.00. The molecular formula is C11H10BrClN4. The molecule has 0 aliphatic rings. The number of imidazole rings is 2. The number of rotatable bonds is 1. The molecule has 17 heavy (non-hydrogen) atoms. The standard InChI is InChI=1S/C11H10BrClN4/c1-5-2-6(13)3-8-9(5)16-11-15-7(4-14)10(12)17(8)11/h2-3H,4,14H2,1H3,(H,15,16). The monoisotopic (exact) mass is 312 g/mol. The maximum absolute atomic E-state index is 6.08. The van der Waals surface area contributed by atoms with Crippen LogP contribution in [0, 0.1) is 6.92 Å². The lowest BCUT2D eigenvalue weighted by molar-refractivity contribution is 1.00. The largest absolute Gasteiger partial charge is 0.325 e. The van der Waals surface area contributed by atoms with Crippen molar-refractivity contribution in [2.75, 3.05) is 0 Å². The third kappa shape index (κ3) is 1.50. The molecule has 0 unspecified atom stereocenters. The Hall–Kier alpha value is -1.04. The zero-order valence-electron chi connectivity index (χ0n) is 9.09. The van der Waals surface area contributed by atoms with Crippen molar-refractivity contribution in [3.63, 3.8) is 0 Å². The number of nitrogens with one attached hydrogen (secondary N) is 1. The van der Waals surface area contributed by atoms with E-state index in [1.807, 2.05) is 23.5 Å². The number of nitrogens with zero attached hydrogens (tertiary/aromatic N) is 2. The van der Waals surface area contributed by atoms with Gasteiger partial charge in [0.2, 0.25) is 5.78 Å². The Labute approximate surface area is 111 Å². The van der Waals surface area contributed by atoms with Crippen molar-refractivity contribution < 1.29 is 0 Å². The van der Waals surface area contributed by atoms with Gasteiger partial charge in [-0.05, 0) is 40.5 Å². The highest BCUT2D eigenvalue weighted by atomic mass is 79.9. The van der Waals surface area contributed by atoms with Crippen molar-refractivity contribution in [3.05, 3.63) is 33.0 Å². The van der Waals surface area contributed by atoms with Crippen LogP contribution in [-0.4, -0.2) is 14.4 Å². The van der Waals surface area contributed by atoms with E-state index in [1.165, 1.54) is 0 Å². The Balaban J connectivity index is 2.51. The number of hydrogen-bond acceptors (Lipinski definition) is 2. The van der Waals surface area contributed by atoms with Gasteiger partial charge in [0.1, 0.15) is 4.60 Å². The van der Waals surface area contributed by atoms with Crippen LogP contribution in [0.1, 0.15) is 11.3 Å². The van der Waals surface area contributed by atoms with Gasteiger partial charge in [0.15, 0.2) is 0 Å². The van der Waals surface area contributed by atoms with Crippen LogP contribution >= 0.6 is 27.5 Å². The molecule has 3 N–H and O–H groups in total. The molecule has 2 heterocycles. The number of benzene rings is 1. The first-order valence-electron chi connectivity index (χ1n) is 5.16. The van der Waals surface area contributed by atoms with Gasteiger partial charge >= 0.3 is 0 Å². The van der Waals surface area contributed by atoms with Gasteiger partial charge in [0.05, 0.1) is 16.7 Å². The van der Waals surface area contributed by atoms with Crippen LogP contribution < -0.4 is 5.73 Å². The van der Waals surface area contributed by atoms with E-state index in [9.17, 15) is 0 Å². The smallest absolute Gasteiger partial charge is 0.213 e. The average Bonchev–Trinajstić information content (AvgIpc) is 2.77. The van der Waals surface area contributed by atoms with Crippen LogP contribution in [0.4, 0.5) is 0 Å². The number of aromatic amines is 1. The molecule has 88 valence electrons. The van der Waals surface area contributed by atoms with E-state index in [-0.39, 0.29) is 0 Å². The van der Waals surface area contributed by atoms with E-state index in [0.29, 0.717) is 11.6 Å². The van der Waals surface area contributed by atoms with Crippen molar-refractivity contribution in [2.45, 2.75) is 13.5 Å². The number of H-pyrrole nitrogens is 1. The number of halogens is 2. The number of aryl methyl sites for hydroxylation is 1. The van der Waals surface area contributed by atoms with Gasteiger partial charge in [0.25, 0.3) is 0 Å². The summed E-state index contributed by atoms with van der Waals surface area (Å²) in [5.41, 5.74) is 9.56. The molecule has 4 nitrogen and oxygen atoms in total. The predicted molar refractivity (Wildman–Crippen MR) is 72.4 cm³/mol. The second-order valence-corrected chi connectivity index (χ2v) is 5.15. The molecule has 0 radical (unpaired) electrons. The van der Waals surface area contributed by atoms with Crippen molar-refractivity contribution >= 4 is 44.3 Å². The van der Waals surface area contributed by atoms with E-state index in [0.717, 1.165) is 32.7 Å². The fraction of sp³-hybridized carbons (Fsp3) is 0.182. The summed E-state index contributed by atoms with van der Waals surface area (Å²) in [4.78, 5) is 7.74. The fourth-order valence-electron chi connectivity index (χ4n) is 2.04. The molecule has 0 bridgehead atoms. The van der Waals surface area contributed by atoms with Gasteiger partial charge in [-0.15, -0.1) is 0 Å². The Morgan fingerprint density at radius 3 is 3.00 bits per heavy atom. The van der Waals surface area contributed by atoms with E-state index < -0.39 is 0 Å². The summed E-state index contributed by atoms with van der Waals surface area (Å²) in [5, 5.41) is 0.708. The first-order chi connectivity index (χ1) is 8.11. The van der Waals surface area contributed by atoms with Crippen molar-refractivity contribution in [1.29, 1.82) is 0 Å². The number of fused-ring (bicyclic) bond motifs is 3. The van der Waals surface area contributed by atoms with Crippen LogP contribution in [0.5, 0.6) is 0 Å². The van der Waals surface area contributed by atoms with Gasteiger partial charge in [0, 0.05) is 11.6 Å². The third-order valence-electron chi connectivity index (χ3n) is 2.83. The Morgan fingerprint density at radius 2 is 2.29 bits per heavy atom. The highest BCUT2D eigenvalue weighted by Gasteiger charge is 2.14. The van der Waals surface area contributed by atoms with E-state index in [1.54, 1.807) is 0 Å². The first kappa shape index (κ1) is 11.1. The molecule has 0 aliphatic heterocycles. The molecule has 1 aromatic carbocycles. The first-order valence-corrected chi connectivity index (χ1v) is 6.33. The van der Waals surface area contributed by atoms with Gasteiger partial charge < -0.3 is 10.7 Å². The Morgan fingerprint density at radius 1 is 1.53 bits per heavy atom. The van der Waals surface area contributed by atoms with Crippen LogP contribution in [-0.2, 0) is 6.54 Å². The summed E-state index contributed by atoms with van der Waals surface area (Å²) >= 11 is 9.61. The molecule has 0 fully saturated rings. The molecular weight excluding hydrogens is 304 g/mol. The van der Waals surface area contributed by atoms with Crippen molar-refractivity contribution in [1.82, 2.24) is 14.4 Å². The van der Waals surface area contributed by atoms with Gasteiger partial charge in [-0.25, -0.2) is 4.98 Å². The third-order valence-corrected chi connectivity index (χ3v) is 3.88. The van der Waals surface area contributed by atoms with E-state index >= 15 is 0 Å². The minimum atomic E-state index is 0.436. The molecule has 0 spiro atoms. The van der Waals surface area contributed by atoms with Crippen LogP contribution in [0.3, 0.4) is 0 Å². The quantitative estimate of drug-likeness (QED) is 0.725. The maximum atomic E-state index is 6.08.